The van der Waals surface area contributed by atoms with E-state index in [1.165, 1.54) is 29.4 Å². The highest BCUT2D eigenvalue weighted by Crippen LogP contribution is 2.40. The zero-order valence-electron chi connectivity index (χ0n) is 23.6. The highest BCUT2D eigenvalue weighted by Gasteiger charge is 2.41. The molecule has 2 aromatic rings. The second kappa shape index (κ2) is 14.0. The molecule has 1 aromatic heterocycles. The van der Waals surface area contributed by atoms with Crippen LogP contribution in [-0.4, -0.2) is 69.1 Å². The Hall–Kier alpha value is -3.31. The Labute approximate surface area is 243 Å². The predicted molar refractivity (Wildman–Crippen MR) is 152 cm³/mol. The van der Waals surface area contributed by atoms with Crippen LogP contribution in [0.4, 0.5) is 4.39 Å². The number of nitrogens with zero attached hydrogens (tertiary/aromatic N) is 3. The van der Waals surface area contributed by atoms with E-state index in [0.29, 0.717) is 30.8 Å². The van der Waals surface area contributed by atoms with Crippen LogP contribution in [-0.2, 0) is 28.7 Å². The van der Waals surface area contributed by atoms with Gasteiger partial charge in [0.05, 0.1) is 31.4 Å². The molecule has 1 saturated carbocycles. The van der Waals surface area contributed by atoms with E-state index in [-0.39, 0.29) is 41.7 Å². The smallest absolute Gasteiger partial charge is 0.331 e. The standard InChI is InChI=1S/C30H36FN3O6S/c1-4-39-27(36)17-25(30(38)40-5-2)34-15-12-22(32-34)16-21-18-33(14-13-26(21)41-19(3)35)28(29(37)20-10-11-20)23-8-6-7-9-24(23)31/h6-9,12,15-16,20,25-26,28H,4-5,10-11,13-14,17-18H2,1-3H3/b21-16+. The number of likely N-dealkylation sites (tertiary alicyclic amines) is 1. The number of piperidine rings is 1. The third-order valence-corrected chi connectivity index (χ3v) is 8.26. The second-order valence-corrected chi connectivity index (χ2v) is 11.6. The Morgan fingerprint density at radius 2 is 1.83 bits per heavy atom. The fourth-order valence-electron chi connectivity index (χ4n) is 5.09. The predicted octanol–water partition coefficient (Wildman–Crippen LogP) is 4.54. The fraction of sp³-hybridized carbons (Fsp3) is 0.500. The van der Waals surface area contributed by atoms with Gasteiger partial charge in [0.2, 0.25) is 0 Å². The summed E-state index contributed by atoms with van der Waals surface area (Å²) in [5, 5.41) is 4.36. The van der Waals surface area contributed by atoms with Gasteiger partial charge in [-0.2, -0.15) is 5.10 Å². The summed E-state index contributed by atoms with van der Waals surface area (Å²) in [6, 6.07) is 6.40. The molecule has 1 saturated heterocycles. The van der Waals surface area contributed by atoms with E-state index in [1.807, 2.05) is 11.0 Å². The number of halogens is 1. The van der Waals surface area contributed by atoms with Crippen molar-refractivity contribution in [3.63, 3.8) is 0 Å². The molecule has 2 heterocycles. The third-order valence-electron chi connectivity index (χ3n) is 7.11. The lowest BCUT2D eigenvalue weighted by Gasteiger charge is -2.38. The van der Waals surface area contributed by atoms with Gasteiger partial charge in [0, 0.05) is 42.9 Å². The summed E-state index contributed by atoms with van der Waals surface area (Å²) in [6.45, 7) is 6.10. The van der Waals surface area contributed by atoms with Crippen LogP contribution in [0.5, 0.6) is 0 Å². The molecule has 1 aliphatic heterocycles. The Kier molecular flexibility index (Phi) is 10.5. The van der Waals surface area contributed by atoms with Crippen LogP contribution in [0, 0.1) is 11.7 Å². The molecule has 0 spiro atoms. The minimum absolute atomic E-state index is 0.0210. The molecule has 3 atom stereocenters. The molecule has 1 aromatic carbocycles. The lowest BCUT2D eigenvalue weighted by Crippen LogP contribution is -2.43. The molecule has 0 amide bonds. The molecule has 41 heavy (non-hydrogen) atoms. The molecule has 9 nitrogen and oxygen atoms in total. The Morgan fingerprint density at radius 1 is 1.10 bits per heavy atom. The van der Waals surface area contributed by atoms with Crippen LogP contribution in [0.3, 0.4) is 0 Å². The molecule has 0 N–H and O–H groups in total. The number of carbonyl (C=O) groups excluding carboxylic acids is 4. The van der Waals surface area contributed by atoms with Gasteiger partial charge in [-0.3, -0.25) is 24.0 Å². The largest absolute Gasteiger partial charge is 0.466 e. The molecule has 3 unspecified atom stereocenters. The van der Waals surface area contributed by atoms with Crippen LogP contribution in [0.1, 0.15) is 69.8 Å². The maximum Gasteiger partial charge on any atom is 0.331 e. The van der Waals surface area contributed by atoms with Crippen molar-refractivity contribution in [3.8, 4) is 0 Å². The molecule has 0 radical (unpaired) electrons. The normalized spacial score (nSPS) is 19.9. The molecule has 4 rings (SSSR count). The summed E-state index contributed by atoms with van der Waals surface area (Å²) in [6.07, 6.45) is 5.43. The average molecular weight is 586 g/mol. The first-order valence-corrected chi connectivity index (χ1v) is 14.9. The van der Waals surface area contributed by atoms with Gasteiger partial charge >= 0.3 is 11.9 Å². The lowest BCUT2D eigenvalue weighted by molar-refractivity contribution is -0.154. The summed E-state index contributed by atoms with van der Waals surface area (Å²) in [5.74, 6) is -1.59. The van der Waals surface area contributed by atoms with E-state index in [9.17, 15) is 23.6 Å². The number of thioether (sulfide) groups is 1. The molecule has 1 aliphatic carbocycles. The molecule has 2 aliphatic rings. The second-order valence-electron chi connectivity index (χ2n) is 10.2. The first kappa shape index (κ1) is 30.6. The van der Waals surface area contributed by atoms with Crippen LogP contribution >= 0.6 is 11.8 Å². The lowest BCUT2D eigenvalue weighted by atomic mass is 9.93. The van der Waals surface area contributed by atoms with Crippen molar-refractivity contribution in [1.29, 1.82) is 0 Å². The van der Waals surface area contributed by atoms with E-state index < -0.39 is 29.8 Å². The van der Waals surface area contributed by atoms with E-state index in [4.69, 9.17) is 9.47 Å². The minimum Gasteiger partial charge on any atom is -0.466 e. The van der Waals surface area contributed by atoms with Gasteiger partial charge in [0.1, 0.15) is 5.82 Å². The van der Waals surface area contributed by atoms with Gasteiger partial charge in [0.25, 0.3) is 0 Å². The number of ketones is 1. The number of carbonyl (C=O) groups is 4. The minimum atomic E-state index is -0.993. The Balaban J connectivity index is 1.64. The van der Waals surface area contributed by atoms with Crippen molar-refractivity contribution >= 4 is 40.7 Å². The van der Waals surface area contributed by atoms with Crippen molar-refractivity contribution in [2.45, 2.75) is 63.8 Å². The monoisotopic (exact) mass is 585 g/mol. The first-order valence-electron chi connectivity index (χ1n) is 14.0. The van der Waals surface area contributed by atoms with Crippen LogP contribution in [0.15, 0.2) is 42.1 Å². The number of aromatic nitrogens is 2. The van der Waals surface area contributed by atoms with Crippen molar-refractivity contribution in [3.05, 3.63) is 59.2 Å². The average Bonchev–Trinajstić information content (AvgIpc) is 3.69. The number of esters is 2. The summed E-state index contributed by atoms with van der Waals surface area (Å²) < 4.78 is 26.5. The van der Waals surface area contributed by atoms with Gasteiger partial charge in [-0.05, 0) is 56.9 Å². The first-order chi connectivity index (χ1) is 19.7. The molecule has 11 heteroatoms. The van der Waals surface area contributed by atoms with Gasteiger partial charge in [-0.25, -0.2) is 9.18 Å². The third kappa shape index (κ3) is 7.91. The van der Waals surface area contributed by atoms with Gasteiger partial charge in [-0.15, -0.1) is 0 Å². The molecular weight excluding hydrogens is 549 g/mol. The quantitative estimate of drug-likeness (QED) is 0.332. The van der Waals surface area contributed by atoms with Crippen molar-refractivity contribution < 1.29 is 33.0 Å². The Bertz CT molecular complexity index is 1310. The Morgan fingerprint density at radius 3 is 2.49 bits per heavy atom. The zero-order chi connectivity index (χ0) is 29.5. The molecular formula is C30H36FN3O6S. The van der Waals surface area contributed by atoms with Crippen LogP contribution in [0.25, 0.3) is 6.08 Å². The fourth-order valence-corrected chi connectivity index (χ4v) is 6.01. The van der Waals surface area contributed by atoms with Crippen molar-refractivity contribution in [2.75, 3.05) is 26.3 Å². The number of hydrogen-bond donors (Lipinski definition) is 0. The number of rotatable bonds is 12. The number of Topliss-reactive ketones (excluding diaryl/α,β-unsaturated/α-hetero) is 1. The highest BCUT2D eigenvalue weighted by atomic mass is 32.2. The number of benzene rings is 1. The van der Waals surface area contributed by atoms with Gasteiger partial charge in [0.15, 0.2) is 16.9 Å². The molecule has 2 fully saturated rings. The van der Waals surface area contributed by atoms with Crippen molar-refractivity contribution in [2.24, 2.45) is 5.92 Å². The summed E-state index contributed by atoms with van der Waals surface area (Å²) >= 11 is 1.22. The van der Waals surface area contributed by atoms with E-state index >= 15 is 0 Å². The maximum absolute atomic E-state index is 14.9. The topological polar surface area (TPSA) is 108 Å². The number of hydrogen-bond acceptors (Lipinski definition) is 9. The maximum atomic E-state index is 14.9. The van der Waals surface area contributed by atoms with E-state index in [0.717, 1.165) is 18.4 Å². The van der Waals surface area contributed by atoms with Crippen molar-refractivity contribution in [1.82, 2.24) is 14.7 Å². The van der Waals surface area contributed by atoms with Crippen LogP contribution in [0.2, 0.25) is 0 Å². The highest BCUT2D eigenvalue weighted by molar-refractivity contribution is 8.14. The van der Waals surface area contributed by atoms with Crippen LogP contribution < -0.4 is 0 Å². The molecule has 0 bridgehead atoms. The number of ether oxygens (including phenoxy) is 2. The van der Waals surface area contributed by atoms with E-state index in [1.54, 1.807) is 44.3 Å². The summed E-state index contributed by atoms with van der Waals surface area (Å²) in [4.78, 5) is 52.3. The van der Waals surface area contributed by atoms with Gasteiger partial charge in [-0.1, -0.05) is 30.0 Å². The molecule has 220 valence electrons. The van der Waals surface area contributed by atoms with Gasteiger partial charge < -0.3 is 9.47 Å². The summed E-state index contributed by atoms with van der Waals surface area (Å²) in [5.41, 5.74) is 1.75. The van der Waals surface area contributed by atoms with E-state index in [2.05, 4.69) is 5.10 Å². The summed E-state index contributed by atoms with van der Waals surface area (Å²) in [7, 11) is 0. The zero-order valence-corrected chi connectivity index (χ0v) is 24.4. The SMILES string of the molecule is CCOC(=O)CC(C(=O)OCC)n1ccc(/C=C2\CN(C(C(=O)C3CC3)c3ccccc3F)CCC2SC(C)=O)n1.